The predicted octanol–water partition coefficient (Wildman–Crippen LogP) is 3.22. The van der Waals surface area contributed by atoms with Gasteiger partial charge < -0.3 is 0 Å². The van der Waals surface area contributed by atoms with E-state index in [2.05, 4.69) is 23.2 Å². The molecule has 0 radical (unpaired) electrons. The smallest absolute Gasteiger partial charge is 0.272 e. The van der Waals surface area contributed by atoms with Crippen molar-refractivity contribution in [2.75, 3.05) is 4.90 Å². The molecular formula is C25H21N3O3. The molecule has 1 aromatic heterocycles. The summed E-state index contributed by atoms with van der Waals surface area (Å²) in [5, 5.41) is 8.21. The molecule has 3 aliphatic rings. The summed E-state index contributed by atoms with van der Waals surface area (Å²) in [5.41, 5.74) is 3.33. The Labute approximate surface area is 178 Å². The fourth-order valence-electron chi connectivity index (χ4n) is 5.83. The summed E-state index contributed by atoms with van der Waals surface area (Å²) in [5.74, 6) is -0.172. The Morgan fingerprint density at radius 2 is 1.77 bits per heavy atom. The van der Waals surface area contributed by atoms with Gasteiger partial charge in [0.05, 0.1) is 28.6 Å². The molecule has 1 N–H and O–H groups in total. The maximum atomic E-state index is 13.2. The molecule has 2 heterocycles. The van der Waals surface area contributed by atoms with Gasteiger partial charge in [0.15, 0.2) is 0 Å². The molecule has 1 aliphatic heterocycles. The van der Waals surface area contributed by atoms with E-state index in [1.54, 1.807) is 6.07 Å². The Kier molecular flexibility index (Phi) is 3.81. The van der Waals surface area contributed by atoms with Gasteiger partial charge in [-0.3, -0.25) is 19.3 Å². The summed E-state index contributed by atoms with van der Waals surface area (Å²) in [6.45, 7) is 2.07. The summed E-state index contributed by atoms with van der Waals surface area (Å²) in [7, 11) is 0. The molecule has 1 saturated carbocycles. The molecular weight excluding hydrogens is 390 g/mol. The third kappa shape index (κ3) is 2.57. The molecule has 1 saturated heterocycles. The maximum Gasteiger partial charge on any atom is 0.272 e. The van der Waals surface area contributed by atoms with Gasteiger partial charge in [0.1, 0.15) is 0 Å². The lowest BCUT2D eigenvalue weighted by atomic mass is 9.82. The standard InChI is InChI=1S/C25H21N3O3/c1-13-9-15-12-19(13)22-21(15)24(30)28(25(22)31)16-6-4-5-14(10-16)11-20-17-7-2-3-8-18(17)23(29)27-26-20/h2-10,15,19,21-22H,11-12H2,1H3,(H,27,29). The average Bonchev–Trinajstić information content (AvgIpc) is 3.41. The Morgan fingerprint density at radius 3 is 2.61 bits per heavy atom. The number of aromatic nitrogens is 2. The van der Waals surface area contributed by atoms with Crippen molar-refractivity contribution in [1.29, 1.82) is 0 Å². The quantitative estimate of drug-likeness (QED) is 0.530. The van der Waals surface area contributed by atoms with E-state index in [4.69, 9.17) is 0 Å². The van der Waals surface area contributed by atoms with E-state index in [1.165, 1.54) is 10.5 Å². The van der Waals surface area contributed by atoms with Crippen molar-refractivity contribution in [2.24, 2.45) is 23.7 Å². The van der Waals surface area contributed by atoms with Crippen LogP contribution in [0.4, 0.5) is 5.69 Å². The Morgan fingerprint density at radius 1 is 1.00 bits per heavy atom. The molecule has 154 valence electrons. The van der Waals surface area contributed by atoms with Crippen LogP contribution in [0.5, 0.6) is 0 Å². The monoisotopic (exact) mass is 411 g/mol. The SMILES string of the molecule is CC1=CC2CC1C1C(=O)N(c3cccc(Cc4n[nH]c(=O)c5ccccc45)c3)C(=O)C21. The minimum absolute atomic E-state index is 0.0697. The Balaban J connectivity index is 1.34. The zero-order chi connectivity index (χ0) is 21.3. The van der Waals surface area contributed by atoms with Crippen LogP contribution in [0.15, 0.2) is 65.0 Å². The Hall–Kier alpha value is -3.54. The van der Waals surface area contributed by atoms with Crippen LogP contribution in [0.1, 0.15) is 24.6 Å². The Bertz CT molecular complexity index is 1360. The van der Waals surface area contributed by atoms with Gasteiger partial charge >= 0.3 is 0 Å². The first-order chi connectivity index (χ1) is 15.0. The van der Waals surface area contributed by atoms with Crippen LogP contribution in [0.25, 0.3) is 10.8 Å². The molecule has 4 unspecified atom stereocenters. The number of H-pyrrole nitrogens is 1. The average molecular weight is 411 g/mol. The van der Waals surface area contributed by atoms with E-state index in [-0.39, 0.29) is 41.0 Å². The van der Waals surface area contributed by atoms with Crippen LogP contribution in [-0.4, -0.2) is 22.0 Å². The molecule has 2 aliphatic carbocycles. The lowest BCUT2D eigenvalue weighted by molar-refractivity contribution is -0.123. The second kappa shape index (κ2) is 6.48. The number of anilines is 1. The topological polar surface area (TPSA) is 83.1 Å². The molecule has 4 atom stereocenters. The normalized spacial score (nSPS) is 26.6. The molecule has 2 fully saturated rings. The lowest BCUT2D eigenvalue weighted by Gasteiger charge is -2.19. The molecule has 2 bridgehead atoms. The number of nitrogens with one attached hydrogen (secondary N) is 1. The zero-order valence-electron chi connectivity index (χ0n) is 17.0. The molecule has 31 heavy (non-hydrogen) atoms. The van der Waals surface area contributed by atoms with Gasteiger partial charge in [0, 0.05) is 11.8 Å². The summed E-state index contributed by atoms with van der Waals surface area (Å²) < 4.78 is 0. The van der Waals surface area contributed by atoms with Crippen molar-refractivity contribution in [3.8, 4) is 0 Å². The molecule has 3 aromatic rings. The van der Waals surface area contributed by atoms with E-state index in [9.17, 15) is 14.4 Å². The number of benzene rings is 2. The number of nitrogens with zero attached hydrogens (tertiary/aromatic N) is 2. The third-order valence-electron chi connectivity index (χ3n) is 7.20. The van der Waals surface area contributed by atoms with Crippen LogP contribution in [-0.2, 0) is 16.0 Å². The van der Waals surface area contributed by atoms with Gasteiger partial charge in [-0.25, -0.2) is 5.10 Å². The summed E-state index contributed by atoms with van der Waals surface area (Å²) in [6.07, 6.45) is 3.60. The van der Waals surface area contributed by atoms with Gasteiger partial charge in [-0.05, 0) is 48.9 Å². The minimum atomic E-state index is -0.216. The highest BCUT2D eigenvalue weighted by molar-refractivity contribution is 6.22. The van der Waals surface area contributed by atoms with E-state index >= 15 is 0 Å². The van der Waals surface area contributed by atoms with E-state index < -0.39 is 0 Å². The summed E-state index contributed by atoms with van der Waals surface area (Å²) >= 11 is 0. The highest BCUT2D eigenvalue weighted by atomic mass is 16.2. The molecule has 0 spiro atoms. The highest BCUT2D eigenvalue weighted by Gasteiger charge is 2.60. The number of aromatic amines is 1. The summed E-state index contributed by atoms with van der Waals surface area (Å²) in [4.78, 5) is 39.9. The van der Waals surface area contributed by atoms with Crippen LogP contribution in [0.2, 0.25) is 0 Å². The maximum absolute atomic E-state index is 13.2. The largest absolute Gasteiger partial charge is 0.274 e. The van der Waals surface area contributed by atoms with Crippen molar-refractivity contribution >= 4 is 28.3 Å². The third-order valence-corrected chi connectivity index (χ3v) is 7.20. The number of carbonyl (C=O) groups is 2. The first-order valence-corrected chi connectivity index (χ1v) is 10.6. The van der Waals surface area contributed by atoms with Crippen molar-refractivity contribution in [2.45, 2.75) is 19.8 Å². The lowest BCUT2D eigenvalue weighted by Crippen LogP contribution is -2.33. The second-order valence-corrected chi connectivity index (χ2v) is 8.87. The van der Waals surface area contributed by atoms with Crippen molar-refractivity contribution in [1.82, 2.24) is 10.2 Å². The van der Waals surface area contributed by atoms with Gasteiger partial charge in [-0.2, -0.15) is 5.10 Å². The molecule has 2 amide bonds. The minimum Gasteiger partial charge on any atom is -0.274 e. The van der Waals surface area contributed by atoms with Gasteiger partial charge in [0.25, 0.3) is 5.56 Å². The number of carbonyl (C=O) groups excluding carboxylic acids is 2. The van der Waals surface area contributed by atoms with Gasteiger partial charge in [-0.1, -0.05) is 42.0 Å². The zero-order valence-corrected chi connectivity index (χ0v) is 17.0. The number of allylic oxidation sites excluding steroid dienone is 2. The first kappa shape index (κ1) is 18.2. The van der Waals surface area contributed by atoms with E-state index in [0.29, 0.717) is 17.5 Å². The number of fused-ring (bicyclic) bond motifs is 6. The fourth-order valence-corrected chi connectivity index (χ4v) is 5.83. The van der Waals surface area contributed by atoms with Crippen molar-refractivity contribution in [3.63, 3.8) is 0 Å². The predicted molar refractivity (Wildman–Crippen MR) is 116 cm³/mol. The van der Waals surface area contributed by atoms with Gasteiger partial charge in [0.2, 0.25) is 11.8 Å². The van der Waals surface area contributed by atoms with E-state index in [1.807, 2.05) is 42.5 Å². The van der Waals surface area contributed by atoms with Crippen molar-refractivity contribution < 1.29 is 9.59 Å². The molecule has 6 nitrogen and oxygen atoms in total. The number of hydrogen-bond acceptors (Lipinski definition) is 4. The number of amides is 2. The van der Waals surface area contributed by atoms with Crippen LogP contribution < -0.4 is 10.5 Å². The van der Waals surface area contributed by atoms with Crippen LogP contribution in [0.3, 0.4) is 0 Å². The number of rotatable bonds is 3. The van der Waals surface area contributed by atoms with E-state index in [0.717, 1.165) is 23.1 Å². The number of hydrogen-bond donors (Lipinski definition) is 1. The molecule has 6 heteroatoms. The van der Waals surface area contributed by atoms with Crippen LogP contribution in [0, 0.1) is 23.7 Å². The second-order valence-electron chi connectivity index (χ2n) is 8.87. The highest BCUT2D eigenvalue weighted by Crippen LogP contribution is 2.55. The first-order valence-electron chi connectivity index (χ1n) is 10.6. The fraction of sp³-hybridized carbons (Fsp3) is 0.280. The van der Waals surface area contributed by atoms with Crippen LogP contribution >= 0.6 is 0 Å². The summed E-state index contributed by atoms with van der Waals surface area (Å²) in [6, 6.07) is 14.9. The van der Waals surface area contributed by atoms with Gasteiger partial charge in [-0.15, -0.1) is 0 Å². The van der Waals surface area contributed by atoms with Crippen molar-refractivity contribution in [3.05, 3.63) is 81.8 Å². The number of imide groups is 1. The molecule has 2 aromatic carbocycles. The molecule has 6 rings (SSSR count).